The lowest BCUT2D eigenvalue weighted by Crippen LogP contribution is -2.47. The lowest BCUT2D eigenvalue weighted by molar-refractivity contribution is -0.121. The Kier molecular flexibility index (Phi) is 9.25. The number of hydrogen-bond acceptors (Lipinski definition) is 5. The van der Waals surface area contributed by atoms with E-state index in [1.807, 2.05) is 26.8 Å². The molecule has 3 fully saturated rings. The minimum Gasteiger partial charge on any atom is -0.477 e. The molecule has 3 aromatic rings. The van der Waals surface area contributed by atoms with Crippen LogP contribution in [0.5, 0.6) is 0 Å². The quantitative estimate of drug-likeness (QED) is 0.197. The summed E-state index contributed by atoms with van der Waals surface area (Å²) in [5.74, 6) is -0.926. The summed E-state index contributed by atoms with van der Waals surface area (Å²) in [5, 5.41) is 16.2. The van der Waals surface area contributed by atoms with Gasteiger partial charge >= 0.3 is 12.1 Å². The number of aromatic nitrogens is 1. The first-order valence-electron chi connectivity index (χ1n) is 16.6. The number of amides is 3. The number of nitrogens with zero attached hydrogens (tertiary/aromatic N) is 1. The molecule has 1 aliphatic heterocycles. The van der Waals surface area contributed by atoms with E-state index in [4.69, 9.17) is 16.3 Å². The van der Waals surface area contributed by atoms with Crippen molar-refractivity contribution in [2.45, 2.75) is 96.2 Å². The van der Waals surface area contributed by atoms with E-state index in [2.05, 4.69) is 15.6 Å². The van der Waals surface area contributed by atoms with Gasteiger partial charge in [0.2, 0.25) is 5.91 Å². The maximum Gasteiger partial charge on any atom is 0.407 e. The number of fused-ring (bicyclic) bond motifs is 1. The van der Waals surface area contributed by atoms with Crippen molar-refractivity contribution < 1.29 is 29.0 Å². The summed E-state index contributed by atoms with van der Waals surface area (Å²) in [4.78, 5) is 56.9. The Bertz CT molecular complexity index is 1700. The predicted molar refractivity (Wildman–Crippen MR) is 180 cm³/mol. The number of H-pyrrole nitrogens is 1. The number of alkyl carbamates (subject to hydrolysis) is 1. The molecule has 0 spiro atoms. The first-order valence-corrected chi connectivity index (χ1v) is 17.0. The molecule has 3 amide bonds. The van der Waals surface area contributed by atoms with Gasteiger partial charge in [0.1, 0.15) is 17.3 Å². The van der Waals surface area contributed by atoms with Gasteiger partial charge < -0.3 is 30.4 Å². The SMILES string of the molecule is CC(C)(C)OC(=O)NCc1cc(Cl)c(C(=O)N2CC[C@@H](C3CCCCC3)[C@H]2C(=O)Nc2ccc3[nH]c(C(=O)O)cc3c2)cc1C1CC1. The fourth-order valence-corrected chi connectivity index (χ4v) is 7.60. The number of aromatic carboxylic acids is 1. The van der Waals surface area contributed by atoms with Crippen molar-refractivity contribution in [3.63, 3.8) is 0 Å². The van der Waals surface area contributed by atoms with Gasteiger partial charge in [-0.2, -0.15) is 0 Å². The maximum absolute atomic E-state index is 14.3. The number of carboxylic acids is 1. The maximum atomic E-state index is 14.3. The Morgan fingerprint density at radius 1 is 1.00 bits per heavy atom. The van der Waals surface area contributed by atoms with E-state index >= 15 is 0 Å². The molecule has 1 saturated heterocycles. The topological polar surface area (TPSA) is 141 Å². The van der Waals surface area contributed by atoms with Crippen LogP contribution >= 0.6 is 11.6 Å². The second-order valence-corrected chi connectivity index (χ2v) is 14.6. The zero-order valence-electron chi connectivity index (χ0n) is 27.2. The molecule has 0 unspecified atom stereocenters. The van der Waals surface area contributed by atoms with E-state index in [1.54, 1.807) is 29.2 Å². The second-order valence-electron chi connectivity index (χ2n) is 14.2. The van der Waals surface area contributed by atoms with Crippen molar-refractivity contribution in [2.75, 3.05) is 11.9 Å². The van der Waals surface area contributed by atoms with E-state index in [0.29, 0.717) is 34.6 Å². The van der Waals surface area contributed by atoms with Crippen LogP contribution in [0.4, 0.5) is 10.5 Å². The first kappa shape index (κ1) is 32.9. The summed E-state index contributed by atoms with van der Waals surface area (Å²) in [6.07, 6.45) is 7.70. The molecule has 11 heteroatoms. The molecule has 2 aliphatic carbocycles. The largest absolute Gasteiger partial charge is 0.477 e. The number of halogens is 1. The zero-order chi connectivity index (χ0) is 33.5. The number of hydrogen-bond donors (Lipinski definition) is 4. The zero-order valence-corrected chi connectivity index (χ0v) is 27.9. The second kappa shape index (κ2) is 13.2. The van der Waals surface area contributed by atoms with Crippen LogP contribution < -0.4 is 10.6 Å². The Hall–Kier alpha value is -4.05. The molecule has 2 heterocycles. The van der Waals surface area contributed by atoms with E-state index in [9.17, 15) is 24.3 Å². The highest BCUT2D eigenvalue weighted by molar-refractivity contribution is 6.34. The molecule has 2 saturated carbocycles. The number of nitrogens with one attached hydrogen (secondary N) is 3. The van der Waals surface area contributed by atoms with E-state index in [1.165, 1.54) is 12.5 Å². The van der Waals surface area contributed by atoms with Crippen molar-refractivity contribution in [2.24, 2.45) is 11.8 Å². The first-order chi connectivity index (χ1) is 22.4. The predicted octanol–water partition coefficient (Wildman–Crippen LogP) is 7.47. The summed E-state index contributed by atoms with van der Waals surface area (Å²) in [7, 11) is 0. The number of carboxylic acid groups (broad SMARTS) is 1. The fourth-order valence-electron chi connectivity index (χ4n) is 7.34. The summed E-state index contributed by atoms with van der Waals surface area (Å²) in [6, 6.07) is 9.72. The van der Waals surface area contributed by atoms with Crippen LogP contribution in [-0.4, -0.2) is 57.1 Å². The summed E-state index contributed by atoms with van der Waals surface area (Å²) < 4.78 is 5.40. The number of anilines is 1. The highest BCUT2D eigenvalue weighted by Gasteiger charge is 2.46. The third-order valence-electron chi connectivity index (χ3n) is 9.65. The van der Waals surface area contributed by atoms with Crippen LogP contribution in [-0.2, 0) is 16.1 Å². The van der Waals surface area contributed by atoms with Crippen molar-refractivity contribution in [3.05, 3.63) is 63.8 Å². The molecule has 1 aromatic heterocycles. The van der Waals surface area contributed by atoms with Gasteiger partial charge in [0.25, 0.3) is 5.91 Å². The third kappa shape index (κ3) is 7.43. The minimum atomic E-state index is -1.06. The third-order valence-corrected chi connectivity index (χ3v) is 9.96. The Morgan fingerprint density at radius 3 is 2.43 bits per heavy atom. The smallest absolute Gasteiger partial charge is 0.407 e. The van der Waals surface area contributed by atoms with Crippen molar-refractivity contribution in [1.82, 2.24) is 15.2 Å². The molecule has 47 heavy (non-hydrogen) atoms. The average molecular weight is 663 g/mol. The van der Waals surface area contributed by atoms with Gasteiger partial charge in [0, 0.05) is 29.7 Å². The van der Waals surface area contributed by atoms with Gasteiger partial charge in [0.15, 0.2) is 0 Å². The minimum absolute atomic E-state index is 0.0211. The summed E-state index contributed by atoms with van der Waals surface area (Å²) in [5.41, 5.74) is 2.85. The Labute approximate surface area is 279 Å². The van der Waals surface area contributed by atoms with Gasteiger partial charge in [-0.3, -0.25) is 9.59 Å². The highest BCUT2D eigenvalue weighted by Crippen LogP contribution is 2.44. The number of ether oxygens (including phenoxy) is 1. The monoisotopic (exact) mass is 662 g/mol. The van der Waals surface area contributed by atoms with Crippen LogP contribution in [0.25, 0.3) is 10.9 Å². The van der Waals surface area contributed by atoms with Crippen molar-refractivity contribution in [3.8, 4) is 0 Å². The molecule has 6 rings (SSSR count). The molecule has 250 valence electrons. The summed E-state index contributed by atoms with van der Waals surface area (Å²) >= 11 is 6.81. The lowest BCUT2D eigenvalue weighted by Gasteiger charge is -2.34. The van der Waals surface area contributed by atoms with Gasteiger partial charge in [-0.25, -0.2) is 9.59 Å². The van der Waals surface area contributed by atoms with Crippen LogP contribution in [0.2, 0.25) is 5.02 Å². The van der Waals surface area contributed by atoms with Gasteiger partial charge in [-0.15, -0.1) is 0 Å². The summed E-state index contributed by atoms with van der Waals surface area (Å²) in [6.45, 7) is 6.10. The number of carbonyl (C=O) groups is 4. The molecular formula is C36H43ClN4O6. The molecule has 2 aromatic carbocycles. The average Bonchev–Trinajstić information content (AvgIpc) is 3.61. The van der Waals surface area contributed by atoms with E-state index in [0.717, 1.165) is 56.1 Å². The molecule has 0 bridgehead atoms. The molecule has 10 nitrogen and oxygen atoms in total. The molecule has 3 aliphatic rings. The van der Waals surface area contributed by atoms with E-state index in [-0.39, 0.29) is 40.9 Å². The standard InChI is InChI=1S/C36H43ClN4O6/c1-36(2,3)47-35(46)38-19-23-16-28(37)27(18-26(23)21-9-10-21)33(43)41-14-13-25(20-7-5-4-6-8-20)31(41)32(42)39-24-11-12-29-22(15-24)17-30(40-29)34(44)45/h11-12,15-18,20-21,25,31,40H,4-10,13-14,19H2,1-3H3,(H,38,46)(H,39,42)(H,44,45)/t25-,31-/m0/s1. The molecular weight excluding hydrogens is 620 g/mol. The van der Waals surface area contributed by atoms with Crippen LogP contribution in [0.1, 0.15) is 110 Å². The number of likely N-dealkylation sites (tertiary alicyclic amines) is 1. The lowest BCUT2D eigenvalue weighted by atomic mass is 9.76. The Morgan fingerprint density at radius 2 is 1.74 bits per heavy atom. The van der Waals surface area contributed by atoms with E-state index < -0.39 is 23.7 Å². The molecule has 0 radical (unpaired) electrons. The van der Waals surface area contributed by atoms with Crippen LogP contribution in [0.3, 0.4) is 0 Å². The number of benzene rings is 2. The van der Waals surface area contributed by atoms with Crippen molar-refractivity contribution >= 4 is 52.1 Å². The number of carbonyl (C=O) groups excluding carboxylic acids is 3. The normalized spacial score (nSPS) is 20.3. The fraction of sp³-hybridized carbons (Fsp3) is 0.500. The molecule has 4 N–H and O–H groups in total. The van der Waals surface area contributed by atoms with Crippen molar-refractivity contribution in [1.29, 1.82) is 0 Å². The highest BCUT2D eigenvalue weighted by atomic mass is 35.5. The number of rotatable bonds is 8. The van der Waals surface area contributed by atoms with Gasteiger partial charge in [0.05, 0.1) is 10.6 Å². The van der Waals surface area contributed by atoms with Crippen LogP contribution in [0.15, 0.2) is 36.4 Å². The Balaban J connectivity index is 1.26. The van der Waals surface area contributed by atoms with Gasteiger partial charge in [-0.1, -0.05) is 43.7 Å². The van der Waals surface area contributed by atoms with Gasteiger partial charge in [-0.05, 0) is 105 Å². The number of aromatic amines is 1. The van der Waals surface area contributed by atoms with Crippen LogP contribution in [0, 0.1) is 11.8 Å². The molecule has 2 atom stereocenters.